The van der Waals surface area contributed by atoms with Crippen molar-refractivity contribution in [1.29, 1.82) is 0 Å². The summed E-state index contributed by atoms with van der Waals surface area (Å²) in [6, 6.07) is 3.65. The maximum atomic E-state index is 5.89. The van der Waals surface area contributed by atoms with Crippen molar-refractivity contribution in [3.63, 3.8) is 0 Å². The van der Waals surface area contributed by atoms with Gasteiger partial charge in [-0.3, -0.25) is 0 Å². The van der Waals surface area contributed by atoms with Crippen molar-refractivity contribution in [2.75, 3.05) is 13.1 Å². The number of aliphatic imine (C=N–C) groups is 2. The number of hydrogen-bond acceptors (Lipinski definition) is 2. The molecule has 6 nitrogen and oxygen atoms in total. The van der Waals surface area contributed by atoms with E-state index < -0.39 is 0 Å². The van der Waals surface area contributed by atoms with Crippen LogP contribution in [0.15, 0.2) is 32.8 Å². The van der Waals surface area contributed by atoms with E-state index in [1.165, 1.54) is 6.42 Å². The minimum absolute atomic E-state index is 0. The van der Waals surface area contributed by atoms with Crippen LogP contribution in [0.25, 0.3) is 0 Å². The van der Waals surface area contributed by atoms with Gasteiger partial charge >= 0.3 is 0 Å². The molecular weight excluding hydrogens is 266 g/mol. The minimum Gasteiger partial charge on any atom is -0.467 e. The number of halogens is 1. The Labute approximate surface area is 119 Å². The van der Waals surface area contributed by atoms with Crippen molar-refractivity contribution in [1.82, 2.24) is 4.90 Å². The summed E-state index contributed by atoms with van der Waals surface area (Å²) in [5, 5.41) is 0. The van der Waals surface area contributed by atoms with E-state index in [0.29, 0.717) is 12.5 Å². The van der Waals surface area contributed by atoms with Crippen LogP contribution in [-0.2, 0) is 6.54 Å². The van der Waals surface area contributed by atoms with Gasteiger partial charge in [-0.05, 0) is 31.4 Å². The second kappa shape index (κ2) is 7.68. The Bertz CT molecular complexity index is 423. The molecule has 0 saturated carbocycles. The van der Waals surface area contributed by atoms with Crippen LogP contribution in [0.1, 0.15) is 25.0 Å². The number of nitrogens with zero attached hydrogens (tertiary/aromatic N) is 3. The SMILES string of the molecule is Cl.NC(=NCc1ccco1)N=C(N)N1CCCCC1. The lowest BCUT2D eigenvalue weighted by molar-refractivity contribution is 0.339. The maximum absolute atomic E-state index is 5.89. The first kappa shape index (κ1) is 15.4. The van der Waals surface area contributed by atoms with E-state index in [9.17, 15) is 0 Å². The zero-order chi connectivity index (χ0) is 12.8. The van der Waals surface area contributed by atoms with E-state index in [2.05, 4.69) is 9.98 Å². The lowest BCUT2D eigenvalue weighted by Crippen LogP contribution is -2.41. The average Bonchev–Trinajstić information content (AvgIpc) is 2.90. The Hall–Kier alpha value is -1.69. The number of hydrogen-bond donors (Lipinski definition) is 2. The average molecular weight is 286 g/mol. The molecule has 0 aliphatic carbocycles. The summed E-state index contributed by atoms with van der Waals surface area (Å²) in [5.74, 6) is 1.40. The minimum atomic E-state index is 0. The molecule has 7 heteroatoms. The Balaban J connectivity index is 0.00000180. The van der Waals surface area contributed by atoms with E-state index in [-0.39, 0.29) is 18.4 Å². The molecular formula is C12H20ClN5O. The monoisotopic (exact) mass is 285 g/mol. The zero-order valence-electron chi connectivity index (χ0n) is 10.8. The van der Waals surface area contributed by atoms with Crippen molar-refractivity contribution in [2.24, 2.45) is 21.5 Å². The lowest BCUT2D eigenvalue weighted by Gasteiger charge is -2.27. The summed E-state index contributed by atoms with van der Waals surface area (Å²) in [6.07, 6.45) is 5.16. The molecule has 0 amide bonds. The normalized spacial score (nSPS) is 17.2. The molecule has 1 aromatic rings. The molecule has 19 heavy (non-hydrogen) atoms. The van der Waals surface area contributed by atoms with Gasteiger partial charge in [0.05, 0.1) is 6.26 Å². The maximum Gasteiger partial charge on any atom is 0.219 e. The van der Waals surface area contributed by atoms with Crippen molar-refractivity contribution in [2.45, 2.75) is 25.8 Å². The highest BCUT2D eigenvalue weighted by Crippen LogP contribution is 2.07. The molecule has 2 heterocycles. The van der Waals surface area contributed by atoms with Crippen LogP contribution in [-0.4, -0.2) is 29.9 Å². The highest BCUT2D eigenvalue weighted by Gasteiger charge is 2.12. The van der Waals surface area contributed by atoms with Crippen LogP contribution < -0.4 is 11.5 Å². The summed E-state index contributed by atoms with van der Waals surface area (Å²) in [4.78, 5) is 10.3. The molecule has 0 unspecified atom stereocenters. The standard InChI is InChI=1S/C12H19N5O.ClH/c13-11(15-9-10-5-4-8-18-10)16-12(14)17-6-2-1-3-7-17;/h4-5,8H,1-3,6-7,9H2,(H4,13,14,15,16);1H. The predicted octanol–water partition coefficient (Wildman–Crippen LogP) is 1.32. The predicted molar refractivity (Wildman–Crippen MR) is 78.3 cm³/mol. The largest absolute Gasteiger partial charge is 0.467 e. The molecule has 2 rings (SSSR count). The van der Waals surface area contributed by atoms with Gasteiger partial charge in [-0.2, -0.15) is 4.99 Å². The fraction of sp³-hybridized carbons (Fsp3) is 0.500. The van der Waals surface area contributed by atoms with Crippen LogP contribution in [0.2, 0.25) is 0 Å². The smallest absolute Gasteiger partial charge is 0.219 e. The molecule has 1 fully saturated rings. The first-order valence-corrected chi connectivity index (χ1v) is 6.17. The molecule has 4 N–H and O–H groups in total. The number of piperidine rings is 1. The number of nitrogens with two attached hydrogens (primary N) is 2. The number of furan rings is 1. The third-order valence-corrected chi connectivity index (χ3v) is 2.89. The van der Waals surface area contributed by atoms with Crippen molar-refractivity contribution in [3.05, 3.63) is 24.2 Å². The summed E-state index contributed by atoms with van der Waals surface area (Å²) in [7, 11) is 0. The molecule has 1 saturated heterocycles. The number of rotatable bonds is 2. The molecule has 0 radical (unpaired) electrons. The van der Waals surface area contributed by atoms with Crippen LogP contribution in [0.4, 0.5) is 0 Å². The first-order chi connectivity index (χ1) is 8.75. The van der Waals surface area contributed by atoms with Crippen molar-refractivity contribution < 1.29 is 4.42 Å². The van der Waals surface area contributed by atoms with E-state index in [4.69, 9.17) is 15.9 Å². The Morgan fingerprint density at radius 1 is 1.26 bits per heavy atom. The highest BCUT2D eigenvalue weighted by atomic mass is 35.5. The molecule has 1 aliphatic heterocycles. The summed E-state index contributed by atoms with van der Waals surface area (Å²) < 4.78 is 5.15. The number of likely N-dealkylation sites (tertiary alicyclic amines) is 1. The molecule has 1 aromatic heterocycles. The summed E-state index contributed by atoms with van der Waals surface area (Å²) in [6.45, 7) is 2.28. The van der Waals surface area contributed by atoms with Gasteiger partial charge in [-0.15, -0.1) is 12.4 Å². The van der Waals surface area contributed by atoms with Gasteiger partial charge in [0.15, 0.2) is 5.96 Å². The third kappa shape index (κ3) is 4.82. The molecule has 1 aliphatic rings. The molecule has 0 bridgehead atoms. The van der Waals surface area contributed by atoms with Crippen LogP contribution in [0.3, 0.4) is 0 Å². The van der Waals surface area contributed by atoms with Gasteiger partial charge in [0, 0.05) is 13.1 Å². The second-order valence-electron chi connectivity index (χ2n) is 4.27. The Morgan fingerprint density at radius 3 is 2.63 bits per heavy atom. The van der Waals surface area contributed by atoms with E-state index >= 15 is 0 Å². The van der Waals surface area contributed by atoms with Gasteiger partial charge in [0.25, 0.3) is 0 Å². The fourth-order valence-electron chi connectivity index (χ4n) is 1.91. The van der Waals surface area contributed by atoms with Crippen LogP contribution in [0, 0.1) is 0 Å². The lowest BCUT2D eigenvalue weighted by atomic mass is 10.1. The van der Waals surface area contributed by atoms with Crippen molar-refractivity contribution >= 4 is 24.3 Å². The van der Waals surface area contributed by atoms with Gasteiger partial charge in [-0.25, -0.2) is 4.99 Å². The van der Waals surface area contributed by atoms with Crippen LogP contribution in [0.5, 0.6) is 0 Å². The van der Waals surface area contributed by atoms with Gasteiger partial charge in [0.1, 0.15) is 12.3 Å². The summed E-state index contributed by atoms with van der Waals surface area (Å²) in [5.41, 5.74) is 11.6. The van der Waals surface area contributed by atoms with E-state index in [1.54, 1.807) is 6.26 Å². The Morgan fingerprint density at radius 2 is 2.00 bits per heavy atom. The van der Waals surface area contributed by atoms with E-state index in [0.717, 1.165) is 31.7 Å². The van der Waals surface area contributed by atoms with Gasteiger partial charge < -0.3 is 20.8 Å². The topological polar surface area (TPSA) is 93.1 Å². The quantitative estimate of drug-likeness (QED) is 0.633. The first-order valence-electron chi connectivity index (χ1n) is 6.17. The zero-order valence-corrected chi connectivity index (χ0v) is 11.6. The molecule has 0 aromatic carbocycles. The van der Waals surface area contributed by atoms with Gasteiger partial charge in [-0.1, -0.05) is 0 Å². The molecule has 0 atom stereocenters. The van der Waals surface area contributed by atoms with Crippen LogP contribution >= 0.6 is 12.4 Å². The molecule has 106 valence electrons. The summed E-state index contributed by atoms with van der Waals surface area (Å²) >= 11 is 0. The number of guanidine groups is 2. The fourth-order valence-corrected chi connectivity index (χ4v) is 1.91. The Kier molecular flexibility index (Phi) is 6.21. The second-order valence-corrected chi connectivity index (χ2v) is 4.27. The highest BCUT2D eigenvalue weighted by molar-refractivity contribution is 5.93. The molecule has 0 spiro atoms. The van der Waals surface area contributed by atoms with Crippen molar-refractivity contribution in [3.8, 4) is 0 Å². The third-order valence-electron chi connectivity index (χ3n) is 2.89. The van der Waals surface area contributed by atoms with E-state index in [1.807, 2.05) is 17.0 Å². The van der Waals surface area contributed by atoms with Gasteiger partial charge in [0.2, 0.25) is 5.96 Å².